The predicted octanol–water partition coefficient (Wildman–Crippen LogP) is -0.962. The summed E-state index contributed by atoms with van der Waals surface area (Å²) in [5, 5.41) is 19.9. The van der Waals surface area contributed by atoms with Crippen LogP contribution in [0.5, 0.6) is 0 Å². The summed E-state index contributed by atoms with van der Waals surface area (Å²) in [6, 6.07) is 0. The number of hydrogen-bond donors (Lipinski definition) is 1. The molecule has 0 aromatic carbocycles. The summed E-state index contributed by atoms with van der Waals surface area (Å²) in [7, 11) is 0.687. The normalized spacial score (nSPS) is 11.4. The highest BCUT2D eigenvalue weighted by molar-refractivity contribution is 6.54. The SMILES string of the molecule is CC(C)(C)Bc1nnn(CC(=O)O)n1. The fraction of sp³-hybridized carbons (Fsp3) is 0.714. The lowest BCUT2D eigenvalue weighted by Crippen LogP contribution is -2.27. The van der Waals surface area contributed by atoms with E-state index in [1.165, 1.54) is 0 Å². The molecule has 0 bridgehead atoms. The molecule has 1 N–H and O–H groups in total. The minimum Gasteiger partial charge on any atom is -0.480 e. The lowest BCUT2D eigenvalue weighted by molar-refractivity contribution is -0.138. The summed E-state index contributed by atoms with van der Waals surface area (Å²) in [6.07, 6.45) is 0. The van der Waals surface area contributed by atoms with Gasteiger partial charge in [-0.25, -0.2) is 0 Å². The standard InChI is InChI=1S/C7H13BN4O2/c1-7(2,3)8-6-9-11-12(10-6)4-5(13)14/h8H,4H2,1-3H3,(H,13,14). The Bertz CT molecular complexity index is 331. The molecule has 0 aliphatic rings. The molecule has 0 radical (unpaired) electrons. The maximum absolute atomic E-state index is 10.3. The molecule has 0 saturated heterocycles. The van der Waals surface area contributed by atoms with E-state index in [2.05, 4.69) is 36.2 Å². The summed E-state index contributed by atoms with van der Waals surface area (Å²) < 4.78 is 0. The van der Waals surface area contributed by atoms with Gasteiger partial charge < -0.3 is 5.11 Å². The predicted molar refractivity (Wildman–Crippen MR) is 52.0 cm³/mol. The lowest BCUT2D eigenvalue weighted by Gasteiger charge is -2.12. The number of aromatic nitrogens is 4. The first-order chi connectivity index (χ1) is 6.37. The van der Waals surface area contributed by atoms with Crippen molar-refractivity contribution in [3.05, 3.63) is 0 Å². The van der Waals surface area contributed by atoms with Crippen LogP contribution in [0.25, 0.3) is 0 Å². The van der Waals surface area contributed by atoms with Crippen molar-refractivity contribution in [2.45, 2.75) is 32.6 Å². The van der Waals surface area contributed by atoms with Crippen molar-refractivity contribution in [1.29, 1.82) is 0 Å². The van der Waals surface area contributed by atoms with Gasteiger partial charge >= 0.3 is 5.97 Å². The third-order valence-corrected chi connectivity index (χ3v) is 1.46. The Morgan fingerprint density at radius 2 is 2.21 bits per heavy atom. The number of rotatable bonds is 3. The monoisotopic (exact) mass is 196 g/mol. The van der Waals surface area contributed by atoms with Crippen LogP contribution in [0.2, 0.25) is 5.31 Å². The Balaban J connectivity index is 2.64. The van der Waals surface area contributed by atoms with Crippen LogP contribution in [-0.4, -0.2) is 38.6 Å². The maximum Gasteiger partial charge on any atom is 0.327 e. The number of carboxylic acids is 1. The van der Waals surface area contributed by atoms with Crippen molar-refractivity contribution in [3.63, 3.8) is 0 Å². The van der Waals surface area contributed by atoms with Crippen LogP contribution in [0.3, 0.4) is 0 Å². The van der Waals surface area contributed by atoms with Crippen LogP contribution >= 0.6 is 0 Å². The molecule has 0 spiro atoms. The topological polar surface area (TPSA) is 80.9 Å². The Kier molecular flexibility index (Phi) is 2.88. The fourth-order valence-electron chi connectivity index (χ4n) is 1.01. The van der Waals surface area contributed by atoms with Crippen molar-refractivity contribution in [2.75, 3.05) is 0 Å². The number of hydrogen-bond acceptors (Lipinski definition) is 4. The summed E-state index contributed by atoms with van der Waals surface area (Å²) in [6.45, 7) is 5.94. The molecule has 0 aliphatic carbocycles. The van der Waals surface area contributed by atoms with Gasteiger partial charge in [-0.05, 0) is 5.21 Å². The van der Waals surface area contributed by atoms with Crippen molar-refractivity contribution in [1.82, 2.24) is 20.2 Å². The molecule has 76 valence electrons. The third kappa shape index (κ3) is 3.55. The molecule has 0 amide bonds. The molecule has 0 atom stereocenters. The Labute approximate surface area is 82.5 Å². The van der Waals surface area contributed by atoms with E-state index in [1.54, 1.807) is 0 Å². The first kappa shape index (κ1) is 10.7. The van der Waals surface area contributed by atoms with E-state index in [0.717, 1.165) is 4.80 Å². The zero-order valence-corrected chi connectivity index (χ0v) is 8.56. The Hall–Kier alpha value is -1.40. The molecular weight excluding hydrogens is 183 g/mol. The summed E-state index contributed by atoms with van der Waals surface area (Å²) in [5.74, 6) is -0.968. The minimum atomic E-state index is -0.968. The van der Waals surface area contributed by atoms with Gasteiger partial charge in [-0.3, -0.25) is 4.79 Å². The Morgan fingerprint density at radius 3 is 2.71 bits per heavy atom. The van der Waals surface area contributed by atoms with Crippen LogP contribution in [0.4, 0.5) is 0 Å². The number of carboxylic acid groups (broad SMARTS) is 1. The first-order valence-corrected chi connectivity index (χ1v) is 4.35. The van der Waals surface area contributed by atoms with Crippen molar-refractivity contribution in [3.8, 4) is 0 Å². The highest BCUT2D eigenvalue weighted by Gasteiger charge is 2.18. The van der Waals surface area contributed by atoms with Crippen LogP contribution < -0.4 is 5.72 Å². The van der Waals surface area contributed by atoms with E-state index in [0.29, 0.717) is 13.0 Å². The molecule has 7 heteroatoms. The van der Waals surface area contributed by atoms with E-state index >= 15 is 0 Å². The van der Waals surface area contributed by atoms with Crippen molar-refractivity contribution >= 4 is 19.0 Å². The molecule has 0 aliphatic heterocycles. The molecule has 1 aromatic rings. The molecule has 14 heavy (non-hydrogen) atoms. The van der Waals surface area contributed by atoms with Crippen molar-refractivity contribution in [2.24, 2.45) is 0 Å². The van der Waals surface area contributed by atoms with Crippen LogP contribution in [-0.2, 0) is 11.3 Å². The molecule has 6 nitrogen and oxygen atoms in total. The van der Waals surface area contributed by atoms with E-state index in [-0.39, 0.29) is 11.9 Å². The maximum atomic E-state index is 10.3. The van der Waals surface area contributed by atoms with Crippen LogP contribution in [0, 0.1) is 0 Å². The second-order valence-corrected chi connectivity index (χ2v) is 4.37. The van der Waals surface area contributed by atoms with Gasteiger partial charge in [0.05, 0.1) is 0 Å². The molecule has 1 rings (SSSR count). The van der Waals surface area contributed by atoms with Gasteiger partial charge in [0.15, 0.2) is 6.54 Å². The number of nitrogens with zero attached hydrogens (tertiary/aromatic N) is 4. The zero-order valence-electron chi connectivity index (χ0n) is 8.56. The van der Waals surface area contributed by atoms with Gasteiger partial charge in [0.2, 0.25) is 7.28 Å². The largest absolute Gasteiger partial charge is 0.480 e. The summed E-state index contributed by atoms with van der Waals surface area (Å²) >= 11 is 0. The molecular formula is C7H13BN4O2. The summed E-state index contributed by atoms with van der Waals surface area (Å²) in [4.78, 5) is 11.4. The van der Waals surface area contributed by atoms with Gasteiger partial charge in [0, 0.05) is 0 Å². The van der Waals surface area contributed by atoms with E-state index in [4.69, 9.17) is 5.11 Å². The number of carbonyl (C=O) groups is 1. The van der Waals surface area contributed by atoms with Gasteiger partial charge in [-0.2, -0.15) is 4.80 Å². The van der Waals surface area contributed by atoms with Gasteiger partial charge in [-0.1, -0.05) is 26.1 Å². The first-order valence-electron chi connectivity index (χ1n) is 4.35. The van der Waals surface area contributed by atoms with Crippen LogP contribution in [0.15, 0.2) is 0 Å². The quantitative estimate of drug-likeness (QED) is 0.629. The molecule has 0 saturated carbocycles. The third-order valence-electron chi connectivity index (χ3n) is 1.46. The van der Waals surface area contributed by atoms with E-state index in [1.807, 2.05) is 0 Å². The molecule has 1 aromatic heterocycles. The average Bonchev–Trinajstić information content (AvgIpc) is 2.30. The second-order valence-electron chi connectivity index (χ2n) is 4.37. The second kappa shape index (κ2) is 3.77. The smallest absolute Gasteiger partial charge is 0.327 e. The van der Waals surface area contributed by atoms with E-state index in [9.17, 15) is 4.79 Å². The lowest BCUT2D eigenvalue weighted by atomic mass is 9.55. The summed E-state index contributed by atoms with van der Waals surface area (Å²) in [5.41, 5.74) is 0.582. The van der Waals surface area contributed by atoms with Gasteiger partial charge in [-0.15, -0.1) is 10.2 Å². The van der Waals surface area contributed by atoms with Crippen molar-refractivity contribution < 1.29 is 9.90 Å². The molecule has 0 fully saturated rings. The van der Waals surface area contributed by atoms with E-state index < -0.39 is 5.97 Å². The van der Waals surface area contributed by atoms with Crippen LogP contribution in [0.1, 0.15) is 20.8 Å². The number of aliphatic carboxylic acids is 1. The fourth-order valence-corrected chi connectivity index (χ4v) is 1.01. The minimum absolute atomic E-state index is 0.0804. The van der Waals surface area contributed by atoms with Gasteiger partial charge in [0.1, 0.15) is 5.72 Å². The molecule has 0 unspecified atom stereocenters. The number of tetrazole rings is 1. The Morgan fingerprint density at radius 1 is 1.57 bits per heavy atom. The molecule has 1 heterocycles. The highest BCUT2D eigenvalue weighted by Crippen LogP contribution is 2.18. The highest BCUT2D eigenvalue weighted by atomic mass is 16.4. The zero-order chi connectivity index (χ0) is 10.8. The average molecular weight is 196 g/mol. The van der Waals surface area contributed by atoms with Gasteiger partial charge in [0.25, 0.3) is 0 Å².